The quantitative estimate of drug-likeness (QED) is 0.466. The molecule has 0 radical (unpaired) electrons. The SMILES string of the molecule is CCOC(=O)C1=C(c2ccc(Cl)cc2)NC(=O)C1C(=O)c1ccc(Cl)cc1. The van der Waals surface area contributed by atoms with Crippen LogP contribution in [0.3, 0.4) is 0 Å². The Kier molecular flexibility index (Phi) is 5.63. The van der Waals surface area contributed by atoms with Crippen LogP contribution in [-0.4, -0.2) is 24.3 Å². The van der Waals surface area contributed by atoms with Crippen LogP contribution >= 0.6 is 23.2 Å². The van der Waals surface area contributed by atoms with Gasteiger partial charge in [0.1, 0.15) is 5.92 Å². The highest BCUT2D eigenvalue weighted by Crippen LogP contribution is 2.32. The number of benzene rings is 2. The zero-order valence-electron chi connectivity index (χ0n) is 14.3. The van der Waals surface area contributed by atoms with Crippen molar-refractivity contribution < 1.29 is 19.1 Å². The molecule has 3 rings (SSSR count). The molecule has 1 heterocycles. The van der Waals surface area contributed by atoms with Crippen LogP contribution in [0.4, 0.5) is 0 Å². The van der Waals surface area contributed by atoms with Gasteiger partial charge in [0.25, 0.3) is 0 Å². The number of rotatable bonds is 5. The van der Waals surface area contributed by atoms with Gasteiger partial charge in [-0.2, -0.15) is 0 Å². The molecular weight excluding hydrogens is 389 g/mol. The number of hydrogen-bond donors (Lipinski definition) is 1. The molecule has 27 heavy (non-hydrogen) atoms. The van der Waals surface area contributed by atoms with Crippen LogP contribution in [0.15, 0.2) is 54.1 Å². The van der Waals surface area contributed by atoms with E-state index in [1.807, 2.05) is 0 Å². The first kappa shape index (κ1) is 19.1. The molecule has 1 N–H and O–H groups in total. The topological polar surface area (TPSA) is 72.5 Å². The molecule has 0 saturated carbocycles. The van der Waals surface area contributed by atoms with Crippen molar-refractivity contribution in [3.8, 4) is 0 Å². The second-order valence-electron chi connectivity index (χ2n) is 5.81. The first-order valence-electron chi connectivity index (χ1n) is 8.20. The Morgan fingerprint density at radius 3 is 2.11 bits per heavy atom. The summed E-state index contributed by atoms with van der Waals surface area (Å²) in [6.45, 7) is 1.77. The number of amides is 1. The summed E-state index contributed by atoms with van der Waals surface area (Å²) in [6.07, 6.45) is 0. The van der Waals surface area contributed by atoms with Crippen LogP contribution in [0.1, 0.15) is 22.8 Å². The first-order valence-corrected chi connectivity index (χ1v) is 8.95. The third-order valence-electron chi connectivity index (χ3n) is 4.09. The highest BCUT2D eigenvalue weighted by atomic mass is 35.5. The van der Waals surface area contributed by atoms with Crippen LogP contribution in [0.25, 0.3) is 5.70 Å². The molecule has 1 aliphatic heterocycles. The van der Waals surface area contributed by atoms with Gasteiger partial charge in [-0.05, 0) is 48.9 Å². The van der Waals surface area contributed by atoms with E-state index in [4.69, 9.17) is 27.9 Å². The Balaban J connectivity index is 2.09. The van der Waals surface area contributed by atoms with Crippen molar-refractivity contribution in [3.05, 3.63) is 75.3 Å². The molecule has 0 spiro atoms. The third-order valence-corrected chi connectivity index (χ3v) is 4.59. The summed E-state index contributed by atoms with van der Waals surface area (Å²) in [5.74, 6) is -3.09. The lowest BCUT2D eigenvalue weighted by molar-refractivity contribution is -0.139. The molecule has 1 unspecified atom stereocenters. The van der Waals surface area contributed by atoms with E-state index in [0.717, 1.165) is 0 Å². The number of carbonyl (C=O) groups is 3. The fourth-order valence-electron chi connectivity index (χ4n) is 2.84. The molecule has 0 bridgehead atoms. The number of ketones is 1. The maximum absolute atomic E-state index is 13.0. The van der Waals surface area contributed by atoms with Crippen molar-refractivity contribution in [2.45, 2.75) is 6.92 Å². The van der Waals surface area contributed by atoms with Crippen molar-refractivity contribution in [2.24, 2.45) is 5.92 Å². The van der Waals surface area contributed by atoms with Gasteiger partial charge in [0, 0.05) is 15.6 Å². The van der Waals surface area contributed by atoms with E-state index in [1.165, 1.54) is 12.1 Å². The average molecular weight is 404 g/mol. The summed E-state index contributed by atoms with van der Waals surface area (Å²) in [6, 6.07) is 12.7. The molecule has 138 valence electrons. The van der Waals surface area contributed by atoms with Gasteiger partial charge in [-0.1, -0.05) is 35.3 Å². The minimum atomic E-state index is -1.30. The smallest absolute Gasteiger partial charge is 0.337 e. The van der Waals surface area contributed by atoms with Gasteiger partial charge in [0.2, 0.25) is 5.91 Å². The van der Waals surface area contributed by atoms with Crippen molar-refractivity contribution in [3.63, 3.8) is 0 Å². The summed E-state index contributed by atoms with van der Waals surface area (Å²) >= 11 is 11.8. The molecule has 0 fully saturated rings. The van der Waals surface area contributed by atoms with Gasteiger partial charge >= 0.3 is 5.97 Å². The zero-order valence-corrected chi connectivity index (χ0v) is 15.8. The maximum atomic E-state index is 13.0. The van der Waals surface area contributed by atoms with Crippen LogP contribution in [0.5, 0.6) is 0 Å². The third kappa shape index (κ3) is 3.89. The van der Waals surface area contributed by atoms with Gasteiger partial charge in [-0.25, -0.2) is 4.79 Å². The maximum Gasteiger partial charge on any atom is 0.337 e. The number of nitrogens with one attached hydrogen (secondary N) is 1. The first-order chi connectivity index (χ1) is 12.9. The standard InChI is InChI=1S/C20H15Cl2NO4/c1-2-27-20(26)15-16(18(24)12-5-9-14(22)10-6-12)19(25)23-17(15)11-3-7-13(21)8-4-11/h3-10,16H,2H2,1H3,(H,23,25). The lowest BCUT2D eigenvalue weighted by Crippen LogP contribution is -2.30. The highest BCUT2D eigenvalue weighted by Gasteiger charge is 2.43. The van der Waals surface area contributed by atoms with E-state index in [1.54, 1.807) is 43.3 Å². The van der Waals surface area contributed by atoms with E-state index in [-0.39, 0.29) is 23.4 Å². The van der Waals surface area contributed by atoms with Crippen molar-refractivity contribution in [1.82, 2.24) is 5.32 Å². The van der Waals surface area contributed by atoms with E-state index in [0.29, 0.717) is 15.6 Å². The molecule has 1 atom stereocenters. The Labute approximate surface area is 165 Å². The minimum absolute atomic E-state index is 0.0101. The normalized spacial score (nSPS) is 16.3. The summed E-state index contributed by atoms with van der Waals surface area (Å²) in [7, 11) is 0. The van der Waals surface area contributed by atoms with Crippen LogP contribution < -0.4 is 5.32 Å². The molecule has 0 saturated heterocycles. The van der Waals surface area contributed by atoms with Gasteiger partial charge in [-0.15, -0.1) is 0 Å². The number of carbonyl (C=O) groups excluding carboxylic acids is 3. The van der Waals surface area contributed by atoms with Crippen LogP contribution in [-0.2, 0) is 14.3 Å². The van der Waals surface area contributed by atoms with E-state index < -0.39 is 23.6 Å². The zero-order chi connectivity index (χ0) is 19.6. The van der Waals surface area contributed by atoms with Crippen molar-refractivity contribution >= 4 is 46.6 Å². The number of ether oxygens (including phenoxy) is 1. The average Bonchev–Trinajstić information content (AvgIpc) is 3.00. The lowest BCUT2D eigenvalue weighted by atomic mass is 9.90. The lowest BCUT2D eigenvalue weighted by Gasteiger charge is -2.12. The number of esters is 1. The summed E-state index contributed by atoms with van der Waals surface area (Å²) < 4.78 is 5.10. The second kappa shape index (κ2) is 7.94. The number of halogens is 2. The molecule has 5 nitrogen and oxygen atoms in total. The molecular formula is C20H15Cl2NO4. The van der Waals surface area contributed by atoms with Crippen molar-refractivity contribution in [2.75, 3.05) is 6.61 Å². The van der Waals surface area contributed by atoms with Crippen LogP contribution in [0.2, 0.25) is 10.0 Å². The summed E-state index contributed by atoms with van der Waals surface area (Å²) in [4.78, 5) is 38.1. The van der Waals surface area contributed by atoms with Gasteiger partial charge in [0.15, 0.2) is 5.78 Å². The Bertz CT molecular complexity index is 933. The molecule has 2 aromatic carbocycles. The van der Waals surface area contributed by atoms with Gasteiger partial charge < -0.3 is 10.1 Å². The van der Waals surface area contributed by atoms with E-state index in [9.17, 15) is 14.4 Å². The van der Waals surface area contributed by atoms with Gasteiger partial charge in [0.05, 0.1) is 17.9 Å². The molecule has 7 heteroatoms. The predicted molar refractivity (Wildman–Crippen MR) is 102 cm³/mol. The fourth-order valence-corrected chi connectivity index (χ4v) is 3.09. The minimum Gasteiger partial charge on any atom is -0.463 e. The van der Waals surface area contributed by atoms with Gasteiger partial charge in [-0.3, -0.25) is 9.59 Å². The van der Waals surface area contributed by atoms with Crippen molar-refractivity contribution in [1.29, 1.82) is 0 Å². The number of hydrogen-bond acceptors (Lipinski definition) is 4. The molecule has 1 aliphatic rings. The van der Waals surface area contributed by atoms with Crippen LogP contribution in [0, 0.1) is 5.92 Å². The molecule has 1 amide bonds. The Morgan fingerprint density at radius 2 is 1.56 bits per heavy atom. The molecule has 0 aliphatic carbocycles. The highest BCUT2D eigenvalue weighted by molar-refractivity contribution is 6.31. The molecule has 0 aromatic heterocycles. The Morgan fingerprint density at radius 1 is 1.00 bits per heavy atom. The van der Waals surface area contributed by atoms with E-state index in [2.05, 4.69) is 5.32 Å². The predicted octanol–water partition coefficient (Wildman–Crippen LogP) is 3.90. The molecule has 2 aromatic rings. The summed E-state index contributed by atoms with van der Waals surface area (Å²) in [5.41, 5.74) is 1.08. The largest absolute Gasteiger partial charge is 0.463 e. The monoisotopic (exact) mass is 403 g/mol. The van der Waals surface area contributed by atoms with E-state index >= 15 is 0 Å². The number of Topliss-reactive ketones (excluding diaryl/α,β-unsaturated/α-hetero) is 1. The summed E-state index contributed by atoms with van der Waals surface area (Å²) in [5, 5.41) is 3.61. The second-order valence-corrected chi connectivity index (χ2v) is 6.68. The fraction of sp³-hybridized carbons (Fsp3) is 0.150. The Hall–Kier alpha value is -2.63.